The molecular formula is C21H24N6O. The molecule has 4 rings (SSSR count). The number of allylic oxidation sites excluding steroid dienone is 2. The van der Waals surface area contributed by atoms with Gasteiger partial charge in [0.2, 0.25) is 5.89 Å². The molecule has 0 spiro atoms. The van der Waals surface area contributed by atoms with E-state index in [2.05, 4.69) is 38.5 Å². The van der Waals surface area contributed by atoms with E-state index in [1.807, 2.05) is 31.3 Å². The summed E-state index contributed by atoms with van der Waals surface area (Å²) in [6, 6.07) is 7.98. The molecule has 1 aromatic carbocycles. The van der Waals surface area contributed by atoms with E-state index in [0.717, 1.165) is 37.1 Å². The molecule has 144 valence electrons. The molecule has 0 bridgehead atoms. The van der Waals surface area contributed by atoms with Crippen molar-refractivity contribution < 1.29 is 4.42 Å². The molecule has 28 heavy (non-hydrogen) atoms. The van der Waals surface area contributed by atoms with Crippen molar-refractivity contribution in [3.8, 4) is 23.0 Å². The van der Waals surface area contributed by atoms with Crippen LogP contribution < -0.4 is 11.1 Å². The number of rotatable bonds is 5. The number of hydrogen-bond donors (Lipinski definition) is 2. The molecule has 3 N–H and O–H groups in total. The largest absolute Gasteiger partial charge is 0.414 e. The first-order chi connectivity index (χ1) is 13.6. The summed E-state index contributed by atoms with van der Waals surface area (Å²) in [7, 11) is 1.92. The Balaban J connectivity index is 1.62. The lowest BCUT2D eigenvalue weighted by Gasteiger charge is -2.17. The van der Waals surface area contributed by atoms with E-state index in [1.165, 1.54) is 11.1 Å². The van der Waals surface area contributed by atoms with E-state index in [1.54, 1.807) is 6.20 Å². The molecule has 2 heterocycles. The van der Waals surface area contributed by atoms with Crippen molar-refractivity contribution in [1.82, 2.24) is 25.5 Å². The number of hydrogen-bond acceptors (Lipinski definition) is 7. The molecule has 0 aliphatic heterocycles. The van der Waals surface area contributed by atoms with Crippen LogP contribution in [0.2, 0.25) is 0 Å². The highest BCUT2D eigenvalue weighted by Gasteiger charge is 2.19. The van der Waals surface area contributed by atoms with Crippen molar-refractivity contribution in [3.05, 3.63) is 47.8 Å². The standard InChI is InChI=1S/C21H24N6O/c1-13-3-7-15(8-4-13)17-12-24-19(22)18(25-17)21-27-26-20(28-21)16-9-5-14(6-10-16)11-23-2/h5-7,9-10,12-13,23H,3-4,8,11H2,1-2H3,(H2,22,24). The maximum atomic E-state index is 6.05. The summed E-state index contributed by atoms with van der Waals surface area (Å²) in [4.78, 5) is 8.98. The molecule has 0 saturated heterocycles. The second-order valence-electron chi connectivity index (χ2n) is 7.24. The highest BCUT2D eigenvalue weighted by atomic mass is 16.4. The molecular weight excluding hydrogens is 352 g/mol. The summed E-state index contributed by atoms with van der Waals surface area (Å²) in [5, 5.41) is 11.4. The Bertz CT molecular complexity index is 992. The van der Waals surface area contributed by atoms with Gasteiger partial charge in [-0.2, -0.15) is 0 Å². The predicted molar refractivity (Wildman–Crippen MR) is 109 cm³/mol. The quantitative estimate of drug-likeness (QED) is 0.700. The van der Waals surface area contributed by atoms with Crippen LogP contribution in [0.15, 0.2) is 41.0 Å². The summed E-state index contributed by atoms with van der Waals surface area (Å²) < 4.78 is 5.86. The van der Waals surface area contributed by atoms with Crippen LogP contribution in [-0.4, -0.2) is 27.2 Å². The van der Waals surface area contributed by atoms with Crippen LogP contribution in [0, 0.1) is 5.92 Å². The molecule has 0 radical (unpaired) electrons. The minimum absolute atomic E-state index is 0.283. The van der Waals surface area contributed by atoms with E-state index in [0.29, 0.717) is 17.5 Å². The molecule has 1 unspecified atom stereocenters. The molecule has 0 fully saturated rings. The van der Waals surface area contributed by atoms with Crippen molar-refractivity contribution in [2.75, 3.05) is 12.8 Å². The zero-order valence-electron chi connectivity index (χ0n) is 16.1. The number of nitrogens with one attached hydrogen (secondary N) is 1. The van der Waals surface area contributed by atoms with Gasteiger partial charge >= 0.3 is 0 Å². The predicted octanol–water partition coefficient (Wildman–Crippen LogP) is 3.70. The minimum atomic E-state index is 0.283. The second-order valence-corrected chi connectivity index (χ2v) is 7.24. The molecule has 0 saturated carbocycles. The van der Waals surface area contributed by atoms with Crippen LogP contribution in [0.3, 0.4) is 0 Å². The van der Waals surface area contributed by atoms with Gasteiger partial charge in [0, 0.05) is 12.1 Å². The molecule has 7 nitrogen and oxygen atoms in total. The fourth-order valence-electron chi connectivity index (χ4n) is 3.31. The fourth-order valence-corrected chi connectivity index (χ4v) is 3.31. The van der Waals surface area contributed by atoms with E-state index in [4.69, 9.17) is 10.2 Å². The maximum absolute atomic E-state index is 6.05. The highest BCUT2D eigenvalue weighted by Crippen LogP contribution is 2.31. The van der Waals surface area contributed by atoms with Crippen molar-refractivity contribution in [2.45, 2.75) is 32.7 Å². The van der Waals surface area contributed by atoms with E-state index < -0.39 is 0 Å². The van der Waals surface area contributed by atoms with Crippen LogP contribution in [0.1, 0.15) is 37.4 Å². The lowest BCUT2D eigenvalue weighted by atomic mass is 9.90. The van der Waals surface area contributed by atoms with Crippen LogP contribution in [0.5, 0.6) is 0 Å². The lowest BCUT2D eigenvalue weighted by Crippen LogP contribution is -2.05. The van der Waals surface area contributed by atoms with Crippen molar-refractivity contribution in [3.63, 3.8) is 0 Å². The van der Waals surface area contributed by atoms with Gasteiger partial charge in [-0.15, -0.1) is 10.2 Å². The second kappa shape index (κ2) is 7.90. The molecule has 2 aromatic heterocycles. The Hall–Kier alpha value is -3.06. The summed E-state index contributed by atoms with van der Waals surface area (Å²) in [6.45, 7) is 3.07. The van der Waals surface area contributed by atoms with Crippen LogP contribution in [-0.2, 0) is 6.54 Å². The first-order valence-electron chi connectivity index (χ1n) is 9.53. The molecule has 1 atom stereocenters. The van der Waals surface area contributed by atoms with Crippen molar-refractivity contribution in [1.29, 1.82) is 0 Å². The Kier molecular flexibility index (Phi) is 5.16. The normalized spacial score (nSPS) is 16.8. The summed E-state index contributed by atoms with van der Waals surface area (Å²) >= 11 is 0. The van der Waals surface area contributed by atoms with Gasteiger partial charge < -0.3 is 15.5 Å². The number of benzene rings is 1. The van der Waals surface area contributed by atoms with Crippen LogP contribution >= 0.6 is 0 Å². The van der Waals surface area contributed by atoms with Gasteiger partial charge in [0.15, 0.2) is 11.5 Å². The van der Waals surface area contributed by atoms with Gasteiger partial charge in [0.05, 0.1) is 11.9 Å². The maximum Gasteiger partial charge on any atom is 0.270 e. The zero-order chi connectivity index (χ0) is 19.5. The number of nitrogen functional groups attached to an aromatic ring is 1. The van der Waals surface area contributed by atoms with Crippen molar-refractivity contribution in [2.24, 2.45) is 5.92 Å². The summed E-state index contributed by atoms with van der Waals surface area (Å²) in [5.41, 5.74) is 10.5. The van der Waals surface area contributed by atoms with Gasteiger partial charge in [-0.1, -0.05) is 25.1 Å². The topological polar surface area (TPSA) is 103 Å². The molecule has 0 amide bonds. The highest BCUT2D eigenvalue weighted by molar-refractivity contribution is 5.69. The van der Waals surface area contributed by atoms with E-state index >= 15 is 0 Å². The summed E-state index contributed by atoms with van der Waals surface area (Å²) in [6.07, 6.45) is 7.17. The lowest BCUT2D eigenvalue weighted by molar-refractivity contribution is 0.533. The van der Waals surface area contributed by atoms with E-state index in [9.17, 15) is 0 Å². The third kappa shape index (κ3) is 3.80. The summed E-state index contributed by atoms with van der Waals surface area (Å²) in [5.74, 6) is 1.71. The average molecular weight is 376 g/mol. The Labute approximate surface area is 164 Å². The van der Waals surface area contributed by atoms with Crippen LogP contribution in [0.25, 0.3) is 28.6 Å². The molecule has 1 aliphatic rings. The Morgan fingerprint density at radius 1 is 1.18 bits per heavy atom. The SMILES string of the molecule is CNCc1ccc(-c2nnc(-c3nc(C4=CCC(C)CC4)cnc3N)o2)cc1. The number of nitrogens with two attached hydrogens (primary N) is 1. The third-order valence-electron chi connectivity index (χ3n) is 5.01. The first-order valence-corrected chi connectivity index (χ1v) is 9.53. The van der Waals surface area contributed by atoms with Gasteiger partial charge in [0.25, 0.3) is 5.89 Å². The van der Waals surface area contributed by atoms with Gasteiger partial charge in [-0.3, -0.25) is 0 Å². The third-order valence-corrected chi connectivity index (χ3v) is 5.01. The first kappa shape index (κ1) is 18.3. The molecule has 7 heteroatoms. The van der Waals surface area contributed by atoms with Gasteiger partial charge in [-0.25, -0.2) is 9.97 Å². The smallest absolute Gasteiger partial charge is 0.270 e. The Morgan fingerprint density at radius 2 is 1.96 bits per heavy atom. The number of nitrogens with zero attached hydrogens (tertiary/aromatic N) is 4. The zero-order valence-corrected chi connectivity index (χ0v) is 16.1. The van der Waals surface area contributed by atoms with Gasteiger partial charge in [-0.05, 0) is 55.5 Å². The van der Waals surface area contributed by atoms with Crippen molar-refractivity contribution >= 4 is 11.4 Å². The van der Waals surface area contributed by atoms with Gasteiger partial charge in [0.1, 0.15) is 0 Å². The average Bonchev–Trinajstić information content (AvgIpc) is 3.20. The van der Waals surface area contributed by atoms with E-state index in [-0.39, 0.29) is 11.7 Å². The fraction of sp³-hybridized carbons (Fsp3) is 0.333. The minimum Gasteiger partial charge on any atom is -0.414 e. The molecule has 3 aromatic rings. The Morgan fingerprint density at radius 3 is 2.68 bits per heavy atom. The molecule has 1 aliphatic carbocycles. The number of aromatic nitrogens is 4. The number of anilines is 1. The van der Waals surface area contributed by atoms with Crippen LogP contribution in [0.4, 0.5) is 5.82 Å². The monoisotopic (exact) mass is 376 g/mol.